The van der Waals surface area contributed by atoms with Crippen molar-refractivity contribution in [1.29, 1.82) is 0 Å². The lowest BCUT2D eigenvalue weighted by Crippen LogP contribution is -2.46. The van der Waals surface area contributed by atoms with Crippen LogP contribution in [-0.4, -0.2) is 54.2 Å². The summed E-state index contributed by atoms with van der Waals surface area (Å²) in [5.41, 5.74) is 5.17. The Morgan fingerprint density at radius 2 is 2.04 bits per heavy atom. The fourth-order valence-corrected chi connectivity index (χ4v) is 4.55. The summed E-state index contributed by atoms with van der Waals surface area (Å²) in [6.45, 7) is 7.10. The molecule has 8 nitrogen and oxygen atoms in total. The van der Waals surface area contributed by atoms with Crippen molar-refractivity contribution < 1.29 is 23.4 Å². The molecule has 134 valence electrons. The summed E-state index contributed by atoms with van der Waals surface area (Å²) in [6.07, 6.45) is 1.25. The number of nitrogens with two attached hydrogens (primary N) is 1. The molecule has 0 aliphatic carbocycles. The molecule has 1 amide bonds. The van der Waals surface area contributed by atoms with E-state index in [1.54, 1.807) is 27.7 Å². The zero-order valence-electron chi connectivity index (χ0n) is 14.5. The number of nitrogens with zero attached hydrogens (tertiary/aromatic N) is 1. The smallest absolute Gasteiger partial charge is 0.325 e. The van der Waals surface area contributed by atoms with Gasteiger partial charge in [-0.2, -0.15) is 0 Å². The number of esters is 1. The van der Waals surface area contributed by atoms with Crippen LogP contribution in [0.15, 0.2) is 0 Å². The molecule has 0 aromatic heterocycles. The second-order valence-electron chi connectivity index (χ2n) is 6.61. The van der Waals surface area contributed by atoms with E-state index >= 15 is 0 Å². The molecule has 0 aromatic carbocycles. The number of nitrogens with one attached hydrogen (secondary N) is 1. The summed E-state index contributed by atoms with van der Waals surface area (Å²) in [4.78, 5) is 24.0. The molecular weight excluding hydrogens is 321 g/mol. The Balaban J connectivity index is 2.68. The molecule has 1 rings (SSSR count). The van der Waals surface area contributed by atoms with Gasteiger partial charge in [-0.3, -0.25) is 14.2 Å². The van der Waals surface area contributed by atoms with Gasteiger partial charge >= 0.3 is 5.97 Å². The van der Waals surface area contributed by atoms with Crippen molar-refractivity contribution in [2.24, 2.45) is 5.73 Å². The maximum Gasteiger partial charge on any atom is 0.325 e. The third-order valence-corrected chi connectivity index (χ3v) is 6.24. The molecule has 1 aliphatic heterocycles. The summed E-state index contributed by atoms with van der Waals surface area (Å²) >= 11 is 0. The highest BCUT2D eigenvalue weighted by molar-refractivity contribution is 7.57. The molecule has 9 heteroatoms. The van der Waals surface area contributed by atoms with Gasteiger partial charge in [0.25, 0.3) is 7.52 Å². The summed E-state index contributed by atoms with van der Waals surface area (Å²) in [6, 6.07) is -0.616. The van der Waals surface area contributed by atoms with E-state index in [1.165, 1.54) is 11.8 Å². The number of hydrogen-bond donors (Lipinski definition) is 2. The second-order valence-corrected chi connectivity index (χ2v) is 9.43. The van der Waals surface area contributed by atoms with Crippen LogP contribution in [0.25, 0.3) is 0 Å². The number of ether oxygens (including phenoxy) is 1. The zero-order chi connectivity index (χ0) is 17.8. The molecule has 1 saturated heterocycles. The van der Waals surface area contributed by atoms with Gasteiger partial charge < -0.3 is 20.3 Å². The van der Waals surface area contributed by atoms with Crippen molar-refractivity contribution >= 4 is 19.4 Å². The van der Waals surface area contributed by atoms with E-state index in [0.717, 1.165) is 0 Å². The van der Waals surface area contributed by atoms with E-state index in [-0.39, 0.29) is 12.5 Å². The maximum absolute atomic E-state index is 12.8. The van der Waals surface area contributed by atoms with E-state index in [9.17, 15) is 14.2 Å². The summed E-state index contributed by atoms with van der Waals surface area (Å²) in [7, 11) is -1.95. The molecule has 0 radical (unpaired) electrons. The van der Waals surface area contributed by atoms with E-state index in [4.69, 9.17) is 15.0 Å². The molecule has 1 aliphatic rings. The fraction of sp³-hybridized carbons (Fsp3) is 0.857. The van der Waals surface area contributed by atoms with Crippen LogP contribution in [0, 0.1) is 0 Å². The first-order chi connectivity index (χ1) is 10.5. The lowest BCUT2D eigenvalue weighted by molar-refractivity contribution is -0.154. The third kappa shape index (κ3) is 5.28. The van der Waals surface area contributed by atoms with Crippen LogP contribution < -0.4 is 11.1 Å². The van der Waals surface area contributed by atoms with Crippen molar-refractivity contribution in [1.82, 2.24) is 9.99 Å². The molecule has 0 saturated carbocycles. The second kappa shape index (κ2) is 7.75. The first-order valence-corrected chi connectivity index (χ1v) is 9.33. The Hall–Kier alpha value is -0.950. The Labute approximate surface area is 137 Å². The molecule has 23 heavy (non-hydrogen) atoms. The molecule has 0 aromatic rings. The quantitative estimate of drug-likeness (QED) is 0.545. The van der Waals surface area contributed by atoms with Crippen molar-refractivity contribution in [2.75, 3.05) is 20.2 Å². The highest BCUT2D eigenvalue weighted by atomic mass is 31.2. The minimum absolute atomic E-state index is 0.226. The number of rotatable bonds is 6. The normalized spacial score (nSPS) is 23.1. The van der Waals surface area contributed by atoms with Gasteiger partial charge in [-0.05, 0) is 40.5 Å². The molecule has 1 unspecified atom stereocenters. The summed E-state index contributed by atoms with van der Waals surface area (Å²) in [5, 5.41) is 2.54. The molecule has 0 bridgehead atoms. The Morgan fingerprint density at radius 1 is 1.43 bits per heavy atom. The predicted octanol–water partition coefficient (Wildman–Crippen LogP) is 1.05. The van der Waals surface area contributed by atoms with E-state index in [0.29, 0.717) is 19.4 Å². The molecule has 0 spiro atoms. The predicted molar refractivity (Wildman–Crippen MR) is 86.8 cm³/mol. The molecule has 3 atom stereocenters. The number of amides is 1. The van der Waals surface area contributed by atoms with Crippen LogP contribution in [0.5, 0.6) is 0 Å². The van der Waals surface area contributed by atoms with Gasteiger partial charge in [0.2, 0.25) is 5.91 Å². The Morgan fingerprint density at radius 3 is 2.52 bits per heavy atom. The fourth-order valence-electron chi connectivity index (χ4n) is 2.51. The molecule has 3 N–H and O–H groups in total. The number of carbonyl (C=O) groups excluding carboxylic acids is 2. The monoisotopic (exact) mass is 349 g/mol. The summed E-state index contributed by atoms with van der Waals surface area (Å²) < 4.78 is 24.6. The van der Waals surface area contributed by atoms with Gasteiger partial charge in [0.1, 0.15) is 12.1 Å². The Kier molecular flexibility index (Phi) is 6.77. The lowest BCUT2D eigenvalue weighted by atomic mass is 10.2. The lowest BCUT2D eigenvalue weighted by Gasteiger charge is -2.32. The zero-order valence-corrected chi connectivity index (χ0v) is 15.4. The van der Waals surface area contributed by atoms with Gasteiger partial charge in [-0.25, -0.2) is 4.67 Å². The van der Waals surface area contributed by atoms with Crippen molar-refractivity contribution in [3.8, 4) is 0 Å². The van der Waals surface area contributed by atoms with Crippen LogP contribution in [0.1, 0.15) is 40.5 Å². The average Bonchev–Trinajstić information content (AvgIpc) is 2.91. The first kappa shape index (κ1) is 20.1. The van der Waals surface area contributed by atoms with Crippen LogP contribution in [-0.2, 0) is 23.4 Å². The van der Waals surface area contributed by atoms with Crippen LogP contribution in [0.3, 0.4) is 0 Å². The van der Waals surface area contributed by atoms with Gasteiger partial charge in [-0.15, -0.1) is 0 Å². The van der Waals surface area contributed by atoms with Gasteiger partial charge in [0, 0.05) is 13.7 Å². The van der Waals surface area contributed by atoms with Crippen LogP contribution in [0.2, 0.25) is 0 Å². The Bertz CT molecular complexity index is 489. The van der Waals surface area contributed by atoms with E-state index in [1.807, 2.05) is 0 Å². The van der Waals surface area contributed by atoms with Crippen molar-refractivity contribution in [2.45, 2.75) is 58.0 Å². The minimum Gasteiger partial charge on any atom is -0.459 e. The largest absolute Gasteiger partial charge is 0.459 e. The molecule has 1 heterocycles. The van der Waals surface area contributed by atoms with Crippen LogP contribution >= 0.6 is 7.52 Å². The minimum atomic E-state index is -3.28. The van der Waals surface area contributed by atoms with Crippen molar-refractivity contribution in [3.05, 3.63) is 0 Å². The van der Waals surface area contributed by atoms with E-state index in [2.05, 4.69) is 5.32 Å². The third-order valence-electron chi connectivity index (χ3n) is 3.49. The van der Waals surface area contributed by atoms with Gasteiger partial charge in [0.15, 0.2) is 0 Å². The first-order valence-electron chi connectivity index (χ1n) is 7.69. The number of hydrogen-bond acceptors (Lipinski definition) is 6. The molecular formula is C14H28N3O5P. The SMILES string of the molecule is COP(=O)([C@H](C)N)N1CCC[C@H]1C(=O)NCC(=O)OC(C)(C)C. The maximum atomic E-state index is 12.8. The topological polar surface area (TPSA) is 111 Å². The van der Waals surface area contributed by atoms with Crippen LogP contribution in [0.4, 0.5) is 0 Å². The van der Waals surface area contributed by atoms with Gasteiger partial charge in [0.05, 0.1) is 11.8 Å². The van der Waals surface area contributed by atoms with Gasteiger partial charge in [-0.1, -0.05) is 0 Å². The molecule has 1 fully saturated rings. The van der Waals surface area contributed by atoms with Crippen molar-refractivity contribution in [3.63, 3.8) is 0 Å². The highest BCUT2D eigenvalue weighted by Crippen LogP contribution is 2.55. The van der Waals surface area contributed by atoms with E-state index < -0.39 is 30.9 Å². The number of carbonyl (C=O) groups is 2. The average molecular weight is 349 g/mol. The highest BCUT2D eigenvalue weighted by Gasteiger charge is 2.44. The summed E-state index contributed by atoms with van der Waals surface area (Å²) in [5.74, 6) is -1.59. The standard InChI is InChI=1S/C14H28N3O5P/c1-10(15)23(20,21-5)17-8-6-7-11(17)13(19)16-9-12(18)22-14(2,3)4/h10-11H,6-9,15H2,1-5H3,(H,16,19)/t10-,11+,23?/m1/s1.